The van der Waals surface area contributed by atoms with Crippen molar-refractivity contribution in [3.8, 4) is 0 Å². The quantitative estimate of drug-likeness (QED) is 0.171. The average Bonchev–Trinajstić information content (AvgIpc) is 3.19. The van der Waals surface area contributed by atoms with Crippen molar-refractivity contribution in [1.82, 2.24) is 10.6 Å². The second kappa shape index (κ2) is 11.7. The third kappa shape index (κ3) is 6.16. The van der Waals surface area contributed by atoms with Crippen LogP contribution in [-0.2, 0) is 28.7 Å². The summed E-state index contributed by atoms with van der Waals surface area (Å²) >= 11 is 1.34. The third-order valence-electron chi connectivity index (χ3n) is 6.35. The van der Waals surface area contributed by atoms with Gasteiger partial charge in [-0.1, -0.05) is 37.6 Å². The lowest BCUT2D eigenvalue weighted by atomic mass is 9.75. The number of carbonyl (C=O) groups is 5. The van der Waals surface area contributed by atoms with E-state index in [0.29, 0.717) is 12.2 Å². The molecule has 1 heterocycles. The molecule has 0 aromatic rings. The van der Waals surface area contributed by atoms with E-state index in [-0.39, 0.29) is 30.5 Å². The SMILES string of the molecule is CCC[C@]1(SC[C@H](NC(=O)CC[C@H](N)C(=O)O)C(=O)NCC(=O)O)C=C[C@H]2CC=C[C@H]3C(=O)OC1=C32. The molecule has 5 atom stereocenters. The molecule has 12 heteroatoms. The minimum absolute atomic E-state index is 0.0615. The van der Waals surface area contributed by atoms with Crippen LogP contribution in [0.15, 0.2) is 35.6 Å². The van der Waals surface area contributed by atoms with E-state index in [2.05, 4.69) is 16.7 Å². The highest BCUT2D eigenvalue weighted by molar-refractivity contribution is 8.01. The van der Waals surface area contributed by atoms with Crippen molar-refractivity contribution >= 4 is 41.5 Å². The number of carboxylic acids is 2. The zero-order valence-electron chi connectivity index (χ0n) is 19.9. The van der Waals surface area contributed by atoms with Gasteiger partial charge in [-0.15, -0.1) is 11.8 Å². The Bertz CT molecular complexity index is 1020. The summed E-state index contributed by atoms with van der Waals surface area (Å²) in [6.07, 6.45) is 9.69. The maximum Gasteiger partial charge on any atom is 0.322 e. The van der Waals surface area contributed by atoms with E-state index in [1.54, 1.807) is 0 Å². The lowest BCUT2D eigenvalue weighted by molar-refractivity contribution is -0.140. The molecule has 0 radical (unpaired) electrons. The zero-order valence-corrected chi connectivity index (χ0v) is 20.7. The molecular weight excluding hydrogens is 490 g/mol. The maximum atomic E-state index is 12.8. The zero-order chi connectivity index (χ0) is 26.5. The Morgan fingerprint density at radius 2 is 2.03 bits per heavy atom. The number of thioether (sulfide) groups is 1. The number of nitrogens with one attached hydrogen (secondary N) is 2. The molecule has 0 spiro atoms. The van der Waals surface area contributed by atoms with Gasteiger partial charge in [0.15, 0.2) is 0 Å². The van der Waals surface area contributed by atoms with Gasteiger partial charge in [-0.05, 0) is 24.8 Å². The number of esters is 1. The molecule has 11 nitrogen and oxygen atoms in total. The highest BCUT2D eigenvalue weighted by atomic mass is 32.2. The summed E-state index contributed by atoms with van der Waals surface area (Å²) in [4.78, 5) is 59.7. The molecule has 36 heavy (non-hydrogen) atoms. The predicted molar refractivity (Wildman–Crippen MR) is 131 cm³/mol. The summed E-state index contributed by atoms with van der Waals surface area (Å²) in [5, 5.41) is 22.7. The number of carbonyl (C=O) groups excluding carboxylic acids is 3. The van der Waals surface area contributed by atoms with Gasteiger partial charge in [0, 0.05) is 18.1 Å². The van der Waals surface area contributed by atoms with E-state index in [4.69, 9.17) is 20.7 Å². The lowest BCUT2D eigenvalue weighted by Crippen LogP contribution is -2.50. The molecular formula is C24H31N3O8S. The van der Waals surface area contributed by atoms with E-state index < -0.39 is 53.0 Å². The topological polar surface area (TPSA) is 185 Å². The first-order valence-corrected chi connectivity index (χ1v) is 12.8. The molecule has 0 saturated carbocycles. The number of rotatable bonds is 13. The fraction of sp³-hybridized carbons (Fsp3) is 0.542. The van der Waals surface area contributed by atoms with E-state index in [9.17, 15) is 24.0 Å². The van der Waals surface area contributed by atoms with Gasteiger partial charge in [-0.2, -0.15) is 0 Å². The van der Waals surface area contributed by atoms with Gasteiger partial charge in [-0.3, -0.25) is 24.0 Å². The lowest BCUT2D eigenvalue weighted by Gasteiger charge is -2.37. The van der Waals surface area contributed by atoms with Crippen LogP contribution in [0.5, 0.6) is 0 Å². The van der Waals surface area contributed by atoms with Crippen LogP contribution in [0.4, 0.5) is 0 Å². The Labute approximate surface area is 212 Å². The van der Waals surface area contributed by atoms with Crippen molar-refractivity contribution in [2.45, 2.75) is 55.9 Å². The fourth-order valence-electron chi connectivity index (χ4n) is 4.55. The average molecular weight is 522 g/mol. The number of amides is 2. The highest BCUT2D eigenvalue weighted by Crippen LogP contribution is 2.52. The Hall–Kier alpha value is -3.12. The van der Waals surface area contributed by atoms with E-state index in [1.165, 1.54) is 11.8 Å². The number of allylic oxidation sites excluding steroid dienone is 2. The third-order valence-corrected chi connectivity index (χ3v) is 7.89. The van der Waals surface area contributed by atoms with Crippen LogP contribution >= 0.6 is 11.8 Å². The van der Waals surface area contributed by atoms with Gasteiger partial charge in [0.25, 0.3) is 0 Å². The van der Waals surface area contributed by atoms with Crippen LogP contribution < -0.4 is 16.4 Å². The van der Waals surface area contributed by atoms with Crippen molar-refractivity contribution in [3.05, 3.63) is 35.6 Å². The van der Waals surface area contributed by atoms with Gasteiger partial charge < -0.3 is 31.3 Å². The molecule has 0 unspecified atom stereocenters. The van der Waals surface area contributed by atoms with Gasteiger partial charge >= 0.3 is 17.9 Å². The first kappa shape index (κ1) is 27.5. The fourth-order valence-corrected chi connectivity index (χ4v) is 6.07. The molecule has 0 fully saturated rings. The van der Waals surface area contributed by atoms with Crippen molar-refractivity contribution in [1.29, 1.82) is 0 Å². The van der Waals surface area contributed by atoms with Crippen LogP contribution in [0, 0.1) is 11.8 Å². The van der Waals surface area contributed by atoms with Crippen LogP contribution in [0.3, 0.4) is 0 Å². The largest absolute Gasteiger partial charge is 0.480 e. The van der Waals surface area contributed by atoms with Crippen molar-refractivity contribution in [2.75, 3.05) is 12.3 Å². The number of hydrogen-bond donors (Lipinski definition) is 5. The number of aliphatic carboxylic acids is 2. The number of hydrogen-bond acceptors (Lipinski definition) is 8. The summed E-state index contributed by atoms with van der Waals surface area (Å²) in [6, 6.07) is -2.33. The first-order valence-electron chi connectivity index (χ1n) is 11.8. The molecule has 1 aliphatic heterocycles. The summed E-state index contributed by atoms with van der Waals surface area (Å²) in [6.45, 7) is 1.37. The molecule has 3 aliphatic rings. The molecule has 2 amide bonds. The Balaban J connectivity index is 1.78. The molecule has 0 bridgehead atoms. The van der Waals surface area contributed by atoms with E-state index >= 15 is 0 Å². The molecule has 0 aromatic carbocycles. The monoisotopic (exact) mass is 521 g/mol. The Morgan fingerprint density at radius 1 is 1.28 bits per heavy atom. The van der Waals surface area contributed by atoms with Crippen molar-refractivity contribution in [2.24, 2.45) is 17.6 Å². The standard InChI is InChI=1S/C24H31N3O8S/c1-2-9-24(10-8-13-4-3-5-14-19(13)20(24)35-23(14)34)36-12-16(21(31)26-11-18(29)30)27-17(28)7-6-15(25)22(32)33/h3,5,8,10,13-16H,2,4,6-7,9,11-12,25H2,1H3,(H,26,31)(H,27,28)(H,29,30)(H,32,33)/t13-,14-,15+,16+,24+/m1/s1. The van der Waals surface area contributed by atoms with Crippen molar-refractivity contribution < 1.29 is 38.9 Å². The summed E-state index contributed by atoms with van der Waals surface area (Å²) in [5.74, 6) is -3.79. The molecule has 2 aliphatic carbocycles. The summed E-state index contributed by atoms with van der Waals surface area (Å²) in [5.41, 5.74) is 6.39. The van der Waals surface area contributed by atoms with Gasteiger partial charge in [0.05, 0.1) is 4.75 Å². The van der Waals surface area contributed by atoms with E-state index in [1.807, 2.05) is 25.2 Å². The summed E-state index contributed by atoms with van der Waals surface area (Å²) < 4.78 is 5.05. The Morgan fingerprint density at radius 3 is 2.69 bits per heavy atom. The molecule has 196 valence electrons. The summed E-state index contributed by atoms with van der Waals surface area (Å²) in [7, 11) is 0. The predicted octanol–water partition coefficient (Wildman–Crippen LogP) is 0.709. The molecule has 0 saturated heterocycles. The second-order valence-corrected chi connectivity index (χ2v) is 10.3. The smallest absolute Gasteiger partial charge is 0.322 e. The number of nitrogens with two attached hydrogens (primary N) is 1. The normalized spacial score (nSPS) is 25.6. The van der Waals surface area contributed by atoms with E-state index in [0.717, 1.165) is 18.4 Å². The molecule has 0 aromatic heterocycles. The van der Waals surface area contributed by atoms with Gasteiger partial charge in [0.1, 0.15) is 30.3 Å². The first-order chi connectivity index (χ1) is 17.1. The van der Waals surface area contributed by atoms with Crippen LogP contribution in [0.2, 0.25) is 0 Å². The Kier molecular flexibility index (Phi) is 8.96. The van der Waals surface area contributed by atoms with Crippen LogP contribution in [-0.4, -0.2) is 69.1 Å². The molecule has 3 rings (SSSR count). The minimum Gasteiger partial charge on any atom is -0.480 e. The maximum absolute atomic E-state index is 12.8. The van der Waals surface area contributed by atoms with Gasteiger partial charge in [-0.25, -0.2) is 0 Å². The number of ether oxygens (including phenoxy) is 1. The second-order valence-electron chi connectivity index (χ2n) is 8.98. The number of carboxylic acid groups (broad SMARTS) is 2. The van der Waals surface area contributed by atoms with Gasteiger partial charge in [0.2, 0.25) is 11.8 Å². The minimum atomic E-state index is -1.24. The van der Waals surface area contributed by atoms with Crippen LogP contribution in [0.1, 0.15) is 39.0 Å². The van der Waals surface area contributed by atoms with Crippen LogP contribution in [0.25, 0.3) is 0 Å². The molecule has 6 N–H and O–H groups in total. The van der Waals surface area contributed by atoms with Crippen molar-refractivity contribution in [3.63, 3.8) is 0 Å². The highest BCUT2D eigenvalue weighted by Gasteiger charge is 2.49.